The fraction of sp³-hybridized carbons (Fsp3) is 0.250. The standard InChI is InChI=1S/C12H12BrN3O3/c1-8-14-6-12(16(18)19)15(8)7-11(17)9-2-4-10(13)5-3-9/h2-6,11,17H,7H2,1H3. The van der Waals surface area contributed by atoms with E-state index in [9.17, 15) is 15.2 Å². The van der Waals surface area contributed by atoms with E-state index >= 15 is 0 Å². The van der Waals surface area contributed by atoms with Gasteiger partial charge < -0.3 is 15.2 Å². The lowest BCUT2D eigenvalue weighted by molar-refractivity contribution is -0.392. The van der Waals surface area contributed by atoms with E-state index in [4.69, 9.17) is 0 Å². The zero-order chi connectivity index (χ0) is 14.0. The second-order valence-corrected chi connectivity index (χ2v) is 5.01. The summed E-state index contributed by atoms with van der Waals surface area (Å²) < 4.78 is 2.31. The molecule has 0 fully saturated rings. The number of benzene rings is 1. The van der Waals surface area contributed by atoms with Crippen molar-refractivity contribution in [2.75, 3.05) is 0 Å². The van der Waals surface area contributed by atoms with Gasteiger partial charge in [0.25, 0.3) is 0 Å². The second kappa shape index (κ2) is 5.50. The Labute approximate surface area is 118 Å². The van der Waals surface area contributed by atoms with Gasteiger partial charge in [0.05, 0.1) is 0 Å². The average Bonchev–Trinajstić information content (AvgIpc) is 2.72. The van der Waals surface area contributed by atoms with E-state index in [1.807, 2.05) is 12.1 Å². The van der Waals surface area contributed by atoms with Gasteiger partial charge in [-0.25, -0.2) is 9.55 Å². The maximum Gasteiger partial charge on any atom is 0.342 e. The minimum Gasteiger partial charge on any atom is -0.384 e. The molecule has 7 heteroatoms. The Morgan fingerprint density at radius 3 is 2.68 bits per heavy atom. The number of rotatable bonds is 4. The van der Waals surface area contributed by atoms with Crippen LogP contribution in [0.3, 0.4) is 0 Å². The smallest absolute Gasteiger partial charge is 0.342 e. The number of aromatic nitrogens is 2. The van der Waals surface area contributed by atoms with Gasteiger partial charge in [0, 0.05) is 11.4 Å². The molecule has 0 aliphatic heterocycles. The minimum atomic E-state index is -0.820. The molecule has 6 nitrogen and oxygen atoms in total. The average molecular weight is 326 g/mol. The number of hydrogen-bond acceptors (Lipinski definition) is 4. The summed E-state index contributed by atoms with van der Waals surface area (Å²) in [6, 6.07) is 7.17. The summed E-state index contributed by atoms with van der Waals surface area (Å²) in [4.78, 5) is 14.3. The molecule has 0 spiro atoms. The molecule has 0 aliphatic carbocycles. The number of aliphatic hydroxyl groups excluding tert-OH is 1. The molecular weight excluding hydrogens is 314 g/mol. The SMILES string of the molecule is Cc1ncc([N+](=O)[O-])n1CC(O)c1ccc(Br)cc1. The van der Waals surface area contributed by atoms with Gasteiger partial charge in [-0.15, -0.1) is 0 Å². The first-order valence-corrected chi connectivity index (χ1v) is 6.38. The van der Waals surface area contributed by atoms with Gasteiger partial charge in [0.15, 0.2) is 5.82 Å². The lowest BCUT2D eigenvalue weighted by atomic mass is 10.1. The highest BCUT2D eigenvalue weighted by Gasteiger charge is 2.21. The van der Waals surface area contributed by atoms with Gasteiger partial charge in [0.1, 0.15) is 18.8 Å². The highest BCUT2D eigenvalue weighted by Crippen LogP contribution is 2.22. The molecule has 19 heavy (non-hydrogen) atoms. The van der Waals surface area contributed by atoms with E-state index < -0.39 is 11.0 Å². The number of nitro groups is 1. The van der Waals surface area contributed by atoms with E-state index in [-0.39, 0.29) is 12.4 Å². The van der Waals surface area contributed by atoms with Crippen molar-refractivity contribution in [2.24, 2.45) is 0 Å². The number of aryl methyl sites for hydroxylation is 1. The van der Waals surface area contributed by atoms with Crippen LogP contribution in [0.25, 0.3) is 0 Å². The predicted molar refractivity (Wildman–Crippen MR) is 72.7 cm³/mol. The maximum atomic E-state index is 10.9. The van der Waals surface area contributed by atoms with Crippen LogP contribution in [0.5, 0.6) is 0 Å². The lowest BCUT2D eigenvalue weighted by Gasteiger charge is -2.10. The third kappa shape index (κ3) is 2.99. The number of aliphatic hydroxyl groups is 1. The van der Waals surface area contributed by atoms with Crippen LogP contribution in [0.4, 0.5) is 5.82 Å². The molecule has 100 valence electrons. The van der Waals surface area contributed by atoms with E-state index in [1.165, 1.54) is 10.8 Å². The molecule has 1 aromatic heterocycles. The van der Waals surface area contributed by atoms with Crippen molar-refractivity contribution in [3.8, 4) is 0 Å². The van der Waals surface area contributed by atoms with Gasteiger partial charge in [-0.2, -0.15) is 0 Å². The van der Waals surface area contributed by atoms with E-state index in [1.54, 1.807) is 19.1 Å². The number of hydrogen-bond donors (Lipinski definition) is 1. The predicted octanol–water partition coefficient (Wildman–Crippen LogP) is 2.60. The summed E-state index contributed by atoms with van der Waals surface area (Å²) in [7, 11) is 0. The quantitative estimate of drug-likeness (QED) is 0.692. The molecule has 2 aromatic rings. The fourth-order valence-corrected chi connectivity index (χ4v) is 2.06. The van der Waals surface area contributed by atoms with E-state index in [0.29, 0.717) is 11.4 Å². The highest BCUT2D eigenvalue weighted by molar-refractivity contribution is 9.10. The maximum absolute atomic E-state index is 10.9. The third-order valence-corrected chi connectivity index (χ3v) is 3.36. The van der Waals surface area contributed by atoms with Gasteiger partial charge in [0.2, 0.25) is 0 Å². The third-order valence-electron chi connectivity index (χ3n) is 2.83. The molecule has 0 radical (unpaired) electrons. The molecule has 0 aliphatic rings. The molecule has 0 saturated carbocycles. The Balaban J connectivity index is 2.23. The first-order valence-electron chi connectivity index (χ1n) is 5.59. The summed E-state index contributed by atoms with van der Waals surface area (Å²) in [5.41, 5.74) is 0.700. The molecule has 1 aromatic carbocycles. The molecule has 2 rings (SSSR count). The summed E-state index contributed by atoms with van der Waals surface area (Å²) in [6.45, 7) is 1.77. The first-order chi connectivity index (χ1) is 8.99. The van der Waals surface area contributed by atoms with Crippen molar-refractivity contribution in [1.82, 2.24) is 9.55 Å². The molecule has 0 saturated heterocycles. The number of nitrogens with zero attached hydrogens (tertiary/aromatic N) is 3. The summed E-state index contributed by atoms with van der Waals surface area (Å²) in [6.07, 6.45) is 0.378. The molecule has 1 unspecified atom stereocenters. The minimum absolute atomic E-state index is 0.101. The summed E-state index contributed by atoms with van der Waals surface area (Å²) in [5, 5.41) is 21.0. The van der Waals surface area contributed by atoms with Crippen LogP contribution in [0.1, 0.15) is 17.5 Å². The fourth-order valence-electron chi connectivity index (χ4n) is 1.79. The Bertz CT molecular complexity index is 595. The molecule has 0 bridgehead atoms. The molecular formula is C12H12BrN3O3. The Kier molecular flexibility index (Phi) is 3.96. The van der Waals surface area contributed by atoms with Crippen LogP contribution in [-0.4, -0.2) is 19.6 Å². The normalized spacial score (nSPS) is 12.4. The molecule has 0 amide bonds. The largest absolute Gasteiger partial charge is 0.384 e. The van der Waals surface area contributed by atoms with Crippen molar-refractivity contribution in [3.63, 3.8) is 0 Å². The van der Waals surface area contributed by atoms with Crippen molar-refractivity contribution < 1.29 is 10.0 Å². The van der Waals surface area contributed by atoms with E-state index in [2.05, 4.69) is 20.9 Å². The molecule has 1 heterocycles. The zero-order valence-corrected chi connectivity index (χ0v) is 11.7. The number of halogens is 1. The van der Waals surface area contributed by atoms with E-state index in [0.717, 1.165) is 4.47 Å². The van der Waals surface area contributed by atoms with Crippen LogP contribution in [0, 0.1) is 17.0 Å². The molecule has 1 atom stereocenters. The van der Waals surface area contributed by atoms with Crippen molar-refractivity contribution in [2.45, 2.75) is 19.6 Å². The van der Waals surface area contributed by atoms with Crippen molar-refractivity contribution in [1.29, 1.82) is 0 Å². The first kappa shape index (κ1) is 13.7. The summed E-state index contributed by atoms with van der Waals surface area (Å²) in [5.74, 6) is 0.386. The van der Waals surface area contributed by atoms with Gasteiger partial charge in [-0.05, 0) is 22.6 Å². The zero-order valence-electron chi connectivity index (χ0n) is 10.2. The van der Waals surface area contributed by atoms with Gasteiger partial charge >= 0.3 is 5.82 Å². The second-order valence-electron chi connectivity index (χ2n) is 4.10. The monoisotopic (exact) mass is 325 g/mol. The highest BCUT2D eigenvalue weighted by atomic mass is 79.9. The van der Waals surface area contributed by atoms with Gasteiger partial charge in [-0.1, -0.05) is 28.1 Å². The van der Waals surface area contributed by atoms with Crippen molar-refractivity contribution in [3.05, 3.63) is 56.4 Å². The van der Waals surface area contributed by atoms with Gasteiger partial charge in [-0.3, -0.25) is 0 Å². The summed E-state index contributed by atoms with van der Waals surface area (Å²) >= 11 is 3.31. The Morgan fingerprint density at radius 2 is 2.11 bits per heavy atom. The Hall–Kier alpha value is -1.73. The lowest BCUT2D eigenvalue weighted by Crippen LogP contribution is -2.12. The van der Waals surface area contributed by atoms with Crippen LogP contribution >= 0.6 is 15.9 Å². The van der Waals surface area contributed by atoms with Crippen LogP contribution in [-0.2, 0) is 6.54 Å². The van der Waals surface area contributed by atoms with Crippen LogP contribution in [0.2, 0.25) is 0 Å². The van der Waals surface area contributed by atoms with Crippen LogP contribution < -0.4 is 0 Å². The Morgan fingerprint density at radius 1 is 1.47 bits per heavy atom. The number of imidazole rings is 1. The van der Waals surface area contributed by atoms with Crippen molar-refractivity contribution >= 4 is 21.7 Å². The van der Waals surface area contributed by atoms with Crippen LogP contribution in [0.15, 0.2) is 34.9 Å². The topological polar surface area (TPSA) is 81.2 Å². The molecule has 1 N–H and O–H groups in total.